The molecule has 11 aromatic rings. The lowest BCUT2D eigenvalue weighted by Gasteiger charge is -2.20. The van der Waals surface area contributed by atoms with Crippen LogP contribution in [0.4, 0.5) is 0 Å². The fourth-order valence-electron chi connectivity index (χ4n) is 10.7. The molecule has 0 aliphatic heterocycles. The van der Waals surface area contributed by atoms with Crippen molar-refractivity contribution in [3.05, 3.63) is 157 Å². The number of nitrogens with zero attached hydrogens (tertiary/aromatic N) is 4. The molecule has 8 heteroatoms. The molecule has 0 radical (unpaired) electrons. The number of fused-ring (bicyclic) bond motifs is 8. The Morgan fingerprint density at radius 2 is 0.600 bits per heavy atom. The zero-order valence-corrected chi connectivity index (χ0v) is 47.6. The summed E-state index contributed by atoms with van der Waals surface area (Å²) in [7, 11) is -6.37. The van der Waals surface area contributed by atoms with E-state index in [1.165, 1.54) is 64.4 Å². The van der Waals surface area contributed by atoms with E-state index in [0.29, 0.717) is 0 Å². The highest BCUT2D eigenvalue weighted by atomic mass is 28.3. The van der Waals surface area contributed by atoms with Gasteiger partial charge < -0.3 is 9.13 Å². The standard InChI is InChI=1S/C62H66N4Si4/c1-39-15-25-55(63-37-39)61-47-23-17-42(66-59-29-21-45(69(9,10)11)35-51(59)52-36-46(70(12,13)14)22-30-60(52)66)32-54(47)62(56-26-16-40(2)38-64-56)48-24-18-41(31-53(48)61)65-57-27-19-43(67(3,4)5)33-49(57)50-34-44(68(6,7)8)20-28-58(50)65/h15-38H,1-14H3. The van der Waals surface area contributed by atoms with E-state index < -0.39 is 32.3 Å². The Morgan fingerprint density at radius 1 is 0.300 bits per heavy atom. The molecule has 0 amide bonds. The molecule has 0 spiro atoms. The molecule has 4 nitrogen and oxygen atoms in total. The molecule has 4 aromatic heterocycles. The van der Waals surface area contributed by atoms with Crippen molar-refractivity contribution >= 4 is 118 Å². The van der Waals surface area contributed by atoms with Crippen LogP contribution in [0.25, 0.3) is 99.0 Å². The molecule has 0 saturated heterocycles. The molecule has 350 valence electrons. The number of aromatic nitrogens is 4. The Bertz CT molecular complexity index is 3520. The lowest BCUT2D eigenvalue weighted by atomic mass is 9.88. The maximum atomic E-state index is 5.22. The summed E-state index contributed by atoms with van der Waals surface area (Å²) in [6.07, 6.45) is 4.03. The Labute approximate surface area is 418 Å². The number of aryl methyl sites for hydroxylation is 2. The fourth-order valence-corrected chi connectivity index (χ4v) is 15.4. The molecule has 0 atom stereocenters. The first kappa shape index (κ1) is 46.2. The molecule has 7 aromatic carbocycles. The summed E-state index contributed by atoms with van der Waals surface area (Å²) < 4.78 is 5.03. The van der Waals surface area contributed by atoms with Gasteiger partial charge in [-0.15, -0.1) is 0 Å². The van der Waals surface area contributed by atoms with E-state index >= 15 is 0 Å². The minimum absolute atomic E-state index is 0.963. The highest BCUT2D eigenvalue weighted by molar-refractivity contribution is 6.90. The summed E-state index contributed by atoms with van der Waals surface area (Å²) in [5.74, 6) is 0. The average Bonchev–Trinajstić information content (AvgIpc) is 3.81. The van der Waals surface area contributed by atoms with Crippen LogP contribution in [-0.4, -0.2) is 51.4 Å². The number of pyridine rings is 2. The van der Waals surface area contributed by atoms with Crippen LogP contribution in [0, 0.1) is 13.8 Å². The van der Waals surface area contributed by atoms with Crippen LogP contribution < -0.4 is 20.7 Å². The minimum Gasteiger partial charge on any atom is -0.309 e. The third kappa shape index (κ3) is 7.75. The van der Waals surface area contributed by atoms with Crippen molar-refractivity contribution in [1.29, 1.82) is 0 Å². The molecule has 11 rings (SSSR count). The molecule has 0 aliphatic carbocycles. The summed E-state index contributed by atoms with van der Waals surface area (Å²) in [5.41, 5.74) is 13.7. The van der Waals surface area contributed by atoms with Crippen molar-refractivity contribution in [2.24, 2.45) is 0 Å². The number of rotatable bonds is 8. The van der Waals surface area contributed by atoms with E-state index in [1.807, 2.05) is 12.4 Å². The second kappa shape index (κ2) is 16.2. The number of hydrogen-bond acceptors (Lipinski definition) is 2. The summed E-state index contributed by atoms with van der Waals surface area (Å²) in [4.78, 5) is 10.4. The Morgan fingerprint density at radius 3 is 0.857 bits per heavy atom. The second-order valence-corrected chi connectivity index (χ2v) is 44.6. The lowest BCUT2D eigenvalue weighted by Crippen LogP contribution is -2.37. The Kier molecular flexibility index (Phi) is 10.7. The smallest absolute Gasteiger partial charge is 0.0776 e. The van der Waals surface area contributed by atoms with Gasteiger partial charge in [0.1, 0.15) is 0 Å². The van der Waals surface area contributed by atoms with Crippen molar-refractivity contribution in [1.82, 2.24) is 19.1 Å². The monoisotopic (exact) mass is 978 g/mol. The largest absolute Gasteiger partial charge is 0.309 e. The summed E-state index contributed by atoms with van der Waals surface area (Å²) in [5, 5.41) is 15.9. The van der Waals surface area contributed by atoms with Gasteiger partial charge in [0.15, 0.2) is 0 Å². The normalized spacial score (nSPS) is 13.0. The van der Waals surface area contributed by atoms with Crippen molar-refractivity contribution in [2.45, 2.75) is 92.4 Å². The van der Waals surface area contributed by atoms with E-state index in [2.05, 4.69) is 235 Å². The molecule has 0 saturated carbocycles. The SMILES string of the molecule is Cc1ccc(-c2c3ccc(-n4c5ccc([Si](C)(C)C)cc5c5cc([Si](C)(C)C)ccc54)cc3c(-c3ccc(C)cn3)c3ccc(-n4c5ccc([Si](C)(C)C)cc5c5cc([Si](C)(C)C)ccc54)cc23)nc1. The van der Waals surface area contributed by atoms with Crippen LogP contribution >= 0.6 is 0 Å². The molecule has 0 aliphatic rings. The van der Waals surface area contributed by atoms with E-state index in [9.17, 15) is 0 Å². The van der Waals surface area contributed by atoms with Gasteiger partial charge in [-0.3, -0.25) is 9.97 Å². The predicted molar refractivity (Wildman–Crippen MR) is 318 cm³/mol. The van der Waals surface area contributed by atoms with Crippen LogP contribution in [0.1, 0.15) is 11.1 Å². The Balaban J connectivity index is 1.24. The topological polar surface area (TPSA) is 35.6 Å². The van der Waals surface area contributed by atoms with Gasteiger partial charge in [0.2, 0.25) is 0 Å². The van der Waals surface area contributed by atoms with Crippen molar-refractivity contribution in [2.75, 3.05) is 0 Å². The van der Waals surface area contributed by atoms with Gasteiger partial charge >= 0.3 is 0 Å². The second-order valence-electron chi connectivity index (χ2n) is 24.2. The molecular weight excluding hydrogens is 913 g/mol. The Hall–Kier alpha value is -6.17. The highest BCUT2D eigenvalue weighted by Crippen LogP contribution is 2.46. The van der Waals surface area contributed by atoms with Crippen LogP contribution in [0.2, 0.25) is 78.6 Å². The van der Waals surface area contributed by atoms with Crippen molar-refractivity contribution < 1.29 is 0 Å². The zero-order valence-electron chi connectivity index (χ0n) is 43.6. The van der Waals surface area contributed by atoms with Crippen LogP contribution in [0.5, 0.6) is 0 Å². The van der Waals surface area contributed by atoms with E-state index in [0.717, 1.165) is 66.6 Å². The van der Waals surface area contributed by atoms with E-state index in [4.69, 9.17) is 9.97 Å². The summed E-state index contributed by atoms with van der Waals surface area (Å²) in [6.45, 7) is 33.7. The first-order valence-electron chi connectivity index (χ1n) is 25.1. The quantitative estimate of drug-likeness (QED) is 0.112. The summed E-state index contributed by atoms with van der Waals surface area (Å²) >= 11 is 0. The molecule has 0 bridgehead atoms. The van der Waals surface area contributed by atoms with Crippen molar-refractivity contribution in [3.8, 4) is 33.9 Å². The fraction of sp³-hybridized carbons (Fsp3) is 0.226. The van der Waals surface area contributed by atoms with Crippen LogP contribution in [0.3, 0.4) is 0 Å². The average molecular weight is 980 g/mol. The van der Waals surface area contributed by atoms with Crippen molar-refractivity contribution in [3.63, 3.8) is 0 Å². The molecule has 70 heavy (non-hydrogen) atoms. The third-order valence-electron chi connectivity index (χ3n) is 14.9. The van der Waals surface area contributed by atoms with Gasteiger partial charge in [0.25, 0.3) is 0 Å². The van der Waals surface area contributed by atoms with Gasteiger partial charge in [0, 0.05) is 56.4 Å². The minimum atomic E-state index is -1.59. The first-order valence-corrected chi connectivity index (χ1v) is 39.1. The predicted octanol–water partition coefficient (Wildman–Crippen LogP) is 15.1. The molecular formula is C62H66N4Si4. The first-order chi connectivity index (χ1) is 33.0. The van der Waals surface area contributed by atoms with E-state index in [-0.39, 0.29) is 0 Å². The maximum Gasteiger partial charge on any atom is 0.0776 e. The number of hydrogen-bond donors (Lipinski definition) is 0. The third-order valence-corrected chi connectivity index (χ3v) is 23.1. The summed E-state index contributed by atoms with van der Waals surface area (Å²) in [6, 6.07) is 52.3. The molecule has 0 fully saturated rings. The lowest BCUT2D eigenvalue weighted by molar-refractivity contribution is 1.18. The van der Waals surface area contributed by atoms with Crippen LogP contribution in [-0.2, 0) is 0 Å². The molecule has 0 N–H and O–H groups in total. The van der Waals surface area contributed by atoms with Crippen LogP contribution in [0.15, 0.2) is 146 Å². The molecule has 0 unspecified atom stereocenters. The van der Waals surface area contributed by atoms with Gasteiger partial charge in [-0.1, -0.05) is 172 Å². The van der Waals surface area contributed by atoms with E-state index in [1.54, 1.807) is 0 Å². The van der Waals surface area contributed by atoms with Gasteiger partial charge in [-0.05, 0) is 107 Å². The number of benzene rings is 7. The maximum absolute atomic E-state index is 5.22. The van der Waals surface area contributed by atoms with Gasteiger partial charge in [-0.2, -0.15) is 0 Å². The highest BCUT2D eigenvalue weighted by Gasteiger charge is 2.27. The molecule has 4 heterocycles. The van der Waals surface area contributed by atoms with Gasteiger partial charge in [0.05, 0.1) is 65.8 Å². The van der Waals surface area contributed by atoms with Gasteiger partial charge in [-0.25, -0.2) is 0 Å². The zero-order chi connectivity index (χ0) is 49.4.